The molecular formula is C22H33N3O5. The van der Waals surface area contributed by atoms with Crippen LogP contribution in [0.4, 0.5) is 4.79 Å². The van der Waals surface area contributed by atoms with E-state index in [0.717, 1.165) is 0 Å². The van der Waals surface area contributed by atoms with Gasteiger partial charge in [0.1, 0.15) is 23.3 Å². The number of hydrogen-bond acceptors (Lipinski definition) is 5. The zero-order chi connectivity index (χ0) is 22.9. The van der Waals surface area contributed by atoms with E-state index in [-0.39, 0.29) is 13.0 Å². The average Bonchev–Trinajstić information content (AvgIpc) is 2.97. The molecule has 1 heterocycles. The Morgan fingerprint density at radius 2 is 1.73 bits per heavy atom. The van der Waals surface area contributed by atoms with Gasteiger partial charge >= 0.3 is 6.09 Å². The molecule has 0 spiro atoms. The summed E-state index contributed by atoms with van der Waals surface area (Å²) in [7, 11) is 0. The Labute approximate surface area is 177 Å². The first-order chi connectivity index (χ1) is 13.6. The molecule has 2 unspecified atom stereocenters. The van der Waals surface area contributed by atoms with Crippen LogP contribution in [-0.4, -0.2) is 52.1 Å². The van der Waals surface area contributed by atoms with E-state index in [1.165, 1.54) is 4.90 Å². The molecule has 1 saturated heterocycles. The molecule has 166 valence electrons. The fourth-order valence-corrected chi connectivity index (χ4v) is 3.57. The van der Waals surface area contributed by atoms with Crippen LogP contribution in [0.5, 0.6) is 0 Å². The van der Waals surface area contributed by atoms with Gasteiger partial charge in [0, 0.05) is 6.42 Å². The maximum Gasteiger partial charge on any atom is 0.408 e. The third kappa shape index (κ3) is 5.50. The quantitative estimate of drug-likeness (QED) is 0.688. The molecular weight excluding hydrogens is 386 g/mol. The molecule has 0 aromatic heterocycles. The van der Waals surface area contributed by atoms with Gasteiger partial charge in [-0.2, -0.15) is 0 Å². The first-order valence-corrected chi connectivity index (χ1v) is 10.0. The van der Waals surface area contributed by atoms with Crippen LogP contribution in [0.1, 0.15) is 53.5 Å². The van der Waals surface area contributed by atoms with E-state index in [0.29, 0.717) is 5.56 Å². The number of amides is 3. The first kappa shape index (κ1) is 23.7. The summed E-state index contributed by atoms with van der Waals surface area (Å²) in [5.74, 6) is -1.20. The van der Waals surface area contributed by atoms with Crippen LogP contribution >= 0.6 is 0 Å². The molecule has 1 aliphatic rings. The molecule has 3 amide bonds. The molecule has 0 saturated carbocycles. The molecule has 30 heavy (non-hydrogen) atoms. The fraction of sp³-hybridized carbons (Fsp3) is 0.591. The fourth-order valence-electron chi connectivity index (χ4n) is 3.57. The third-order valence-electron chi connectivity index (χ3n) is 5.04. The van der Waals surface area contributed by atoms with Crippen LogP contribution in [0, 0.1) is 5.41 Å². The number of nitrogens with zero attached hydrogens (tertiary/aromatic N) is 1. The number of carbonyl (C=O) groups excluding carboxylic acids is 3. The van der Waals surface area contributed by atoms with Gasteiger partial charge in [-0.3, -0.25) is 9.59 Å². The molecule has 3 atom stereocenters. The van der Waals surface area contributed by atoms with Gasteiger partial charge in [-0.15, -0.1) is 0 Å². The number of rotatable bonds is 4. The molecule has 2 rings (SSSR count). The molecule has 1 fully saturated rings. The molecule has 1 aromatic rings. The molecule has 1 aromatic carbocycles. The number of primary amides is 1. The van der Waals surface area contributed by atoms with Gasteiger partial charge in [0.25, 0.3) is 0 Å². The van der Waals surface area contributed by atoms with E-state index in [9.17, 15) is 19.5 Å². The van der Waals surface area contributed by atoms with E-state index in [1.807, 2.05) is 6.07 Å². The van der Waals surface area contributed by atoms with Crippen molar-refractivity contribution in [2.75, 3.05) is 6.54 Å². The van der Waals surface area contributed by atoms with Crippen LogP contribution in [0.25, 0.3) is 0 Å². The summed E-state index contributed by atoms with van der Waals surface area (Å²) in [4.78, 5) is 39.2. The zero-order valence-electron chi connectivity index (χ0n) is 18.6. The highest BCUT2D eigenvalue weighted by Crippen LogP contribution is 2.37. The number of benzene rings is 1. The van der Waals surface area contributed by atoms with Crippen molar-refractivity contribution in [3.05, 3.63) is 35.9 Å². The lowest BCUT2D eigenvalue weighted by atomic mass is 9.85. The molecule has 0 bridgehead atoms. The lowest BCUT2D eigenvalue weighted by Gasteiger charge is -2.35. The van der Waals surface area contributed by atoms with Crippen molar-refractivity contribution in [2.24, 2.45) is 11.1 Å². The summed E-state index contributed by atoms with van der Waals surface area (Å²) in [5.41, 5.74) is 3.34. The van der Waals surface area contributed by atoms with E-state index in [2.05, 4.69) is 5.32 Å². The third-order valence-corrected chi connectivity index (χ3v) is 5.04. The molecule has 8 nitrogen and oxygen atoms in total. The normalized spacial score (nSPS) is 23.0. The van der Waals surface area contributed by atoms with Gasteiger partial charge in [0.15, 0.2) is 0 Å². The second-order valence-electron chi connectivity index (χ2n) is 9.93. The molecule has 0 aliphatic carbocycles. The monoisotopic (exact) mass is 419 g/mol. The lowest BCUT2D eigenvalue weighted by Crippen LogP contribution is -2.58. The number of likely N-dealkylation sites (tertiary alicyclic amines) is 1. The van der Waals surface area contributed by atoms with Crippen molar-refractivity contribution in [3.63, 3.8) is 0 Å². The van der Waals surface area contributed by atoms with E-state index in [1.54, 1.807) is 65.8 Å². The second kappa shape index (κ2) is 8.26. The highest BCUT2D eigenvalue weighted by atomic mass is 16.6. The highest BCUT2D eigenvalue weighted by Gasteiger charge is 2.50. The largest absolute Gasteiger partial charge is 0.444 e. The highest BCUT2D eigenvalue weighted by molar-refractivity contribution is 5.92. The minimum Gasteiger partial charge on any atom is -0.444 e. The Kier molecular flexibility index (Phi) is 6.51. The maximum atomic E-state index is 13.5. The summed E-state index contributed by atoms with van der Waals surface area (Å²) in [6.45, 7) is 10.5. The van der Waals surface area contributed by atoms with Crippen LogP contribution < -0.4 is 11.1 Å². The number of ether oxygens (including phenoxy) is 1. The Morgan fingerprint density at radius 3 is 2.20 bits per heavy atom. The molecule has 0 radical (unpaired) electrons. The minimum atomic E-state index is -1.41. The lowest BCUT2D eigenvalue weighted by molar-refractivity contribution is -0.141. The first-order valence-electron chi connectivity index (χ1n) is 10.0. The molecule has 4 N–H and O–H groups in total. The number of hydrogen-bond donors (Lipinski definition) is 3. The molecule has 8 heteroatoms. The van der Waals surface area contributed by atoms with Crippen molar-refractivity contribution in [1.29, 1.82) is 0 Å². The number of aliphatic hydroxyl groups is 1. The predicted octanol–water partition coefficient (Wildman–Crippen LogP) is 1.90. The number of alkyl carbamates (subject to hydrolysis) is 1. The Morgan fingerprint density at radius 1 is 1.17 bits per heavy atom. The Balaban J connectivity index is 2.33. The van der Waals surface area contributed by atoms with Crippen LogP contribution in [-0.2, 0) is 19.9 Å². The van der Waals surface area contributed by atoms with Gasteiger partial charge in [-0.05, 0) is 31.7 Å². The van der Waals surface area contributed by atoms with Crippen molar-refractivity contribution in [3.8, 4) is 0 Å². The summed E-state index contributed by atoms with van der Waals surface area (Å²) in [6, 6.07) is 6.88. The summed E-state index contributed by atoms with van der Waals surface area (Å²) >= 11 is 0. The Bertz CT molecular complexity index is 797. The van der Waals surface area contributed by atoms with Crippen molar-refractivity contribution < 1.29 is 24.2 Å². The topological polar surface area (TPSA) is 122 Å². The van der Waals surface area contributed by atoms with Gasteiger partial charge in [-0.25, -0.2) is 4.79 Å². The zero-order valence-corrected chi connectivity index (χ0v) is 18.6. The standard InChI is InChI=1S/C22H33N3O5/c1-20(2,3)16(24-19(28)30-21(4,5)6)18(27)25-13-22(29,12-15(25)17(23)26)14-10-8-7-9-11-14/h7-11,15-16,29H,12-13H2,1-6H3,(H2,23,26)(H,24,28)/t15-,16?,22?/m0/s1. The smallest absolute Gasteiger partial charge is 0.408 e. The average molecular weight is 420 g/mol. The number of nitrogens with one attached hydrogen (secondary N) is 1. The van der Waals surface area contributed by atoms with Crippen LogP contribution in [0.3, 0.4) is 0 Å². The summed E-state index contributed by atoms with van der Waals surface area (Å²) < 4.78 is 5.30. The predicted molar refractivity (Wildman–Crippen MR) is 112 cm³/mol. The van der Waals surface area contributed by atoms with E-state index in [4.69, 9.17) is 10.5 Å². The minimum absolute atomic E-state index is 0.0125. The summed E-state index contributed by atoms with van der Waals surface area (Å²) in [6.07, 6.45) is -0.745. The molecule has 1 aliphatic heterocycles. The van der Waals surface area contributed by atoms with Crippen molar-refractivity contribution >= 4 is 17.9 Å². The van der Waals surface area contributed by atoms with Crippen LogP contribution in [0.2, 0.25) is 0 Å². The van der Waals surface area contributed by atoms with Crippen molar-refractivity contribution in [2.45, 2.75) is 71.2 Å². The van der Waals surface area contributed by atoms with Gasteiger partial charge in [0.05, 0.1) is 6.54 Å². The summed E-state index contributed by atoms with van der Waals surface area (Å²) in [5, 5.41) is 13.8. The Hall–Kier alpha value is -2.61. The second-order valence-corrected chi connectivity index (χ2v) is 9.93. The number of carbonyl (C=O) groups is 3. The van der Waals surface area contributed by atoms with E-state index >= 15 is 0 Å². The van der Waals surface area contributed by atoms with Gasteiger partial charge in [-0.1, -0.05) is 51.1 Å². The van der Waals surface area contributed by atoms with Crippen molar-refractivity contribution in [1.82, 2.24) is 10.2 Å². The van der Waals surface area contributed by atoms with Gasteiger partial charge < -0.3 is 25.8 Å². The number of nitrogens with two attached hydrogens (primary N) is 1. The SMILES string of the molecule is CC(C)(C)OC(=O)NC(C(=O)N1CC(O)(c2ccccc2)C[C@H]1C(N)=O)C(C)(C)C. The van der Waals surface area contributed by atoms with Crippen LogP contribution in [0.15, 0.2) is 30.3 Å². The van der Waals surface area contributed by atoms with Gasteiger partial charge in [0.2, 0.25) is 11.8 Å². The maximum absolute atomic E-state index is 13.5. The number of β-amino-alcohol motifs (C(OH)–C–C–N with tert-alkyl or cyclic N) is 1. The van der Waals surface area contributed by atoms with E-state index < -0.39 is 46.6 Å².